The van der Waals surface area contributed by atoms with Gasteiger partial charge in [0.1, 0.15) is 54.3 Å². The number of carbonyl (C=O) groups is 13. The first-order valence-corrected chi connectivity index (χ1v) is 38.6. The number of aliphatic hydroxyl groups excluding tert-OH is 4. The van der Waals surface area contributed by atoms with Crippen molar-refractivity contribution in [3.63, 3.8) is 0 Å². The van der Waals surface area contributed by atoms with E-state index in [-0.39, 0.29) is 116 Å². The SMILES string of the molecule is CC[C@H](C)[C@@H]([C@@H](CC(=O)N1CCCC1[C@H](OC)[C@@H](C)C(=O)C[C@H](C)[C@@H](O)c1ccccc1)OC)N(C)C(=O)[C@@H](NC(=O)[C@H](C(C)C)N(C)C(=O)OCc1ccc(O[C@@H]2O[C@H](C(=O)O)[C@@H](O)[C@H](O)[C@H]2O)c(NC(=O)CCNC(=O)[C@@H](CCCCCC(=O)CN(C)C(C)=O)CC(=O)CCCCCN2C(=O)C=CC2=O)c1)C(C)C. The van der Waals surface area contributed by atoms with Gasteiger partial charge in [0.2, 0.25) is 41.7 Å². The summed E-state index contributed by atoms with van der Waals surface area (Å²) in [5.41, 5.74) is 0.727. The van der Waals surface area contributed by atoms with Crippen LogP contribution < -0.4 is 20.7 Å². The molecule has 3 aliphatic heterocycles. The van der Waals surface area contributed by atoms with Crippen molar-refractivity contribution in [2.24, 2.45) is 35.5 Å². The molecule has 5 rings (SSSR count). The van der Waals surface area contributed by atoms with Crippen molar-refractivity contribution in [1.29, 1.82) is 0 Å². The monoisotopic (exact) mass is 1560 g/mol. The second-order valence-electron chi connectivity index (χ2n) is 30.4. The Morgan fingerprint density at radius 2 is 1.37 bits per heavy atom. The maximum atomic E-state index is 15.0. The Morgan fingerprint density at radius 1 is 0.721 bits per heavy atom. The highest BCUT2D eigenvalue weighted by Gasteiger charge is 2.49. The molecule has 2 saturated heterocycles. The number of hydrogen-bond donors (Lipinski definition) is 8. The lowest BCUT2D eigenvalue weighted by Crippen LogP contribution is -2.61. The molecule has 8 N–H and O–H groups in total. The van der Waals surface area contributed by atoms with Crippen LogP contribution in [0.15, 0.2) is 60.7 Å². The molecular formula is C80H120N8O23. The highest BCUT2D eigenvalue weighted by Crippen LogP contribution is 2.35. The van der Waals surface area contributed by atoms with Crippen LogP contribution in [0.5, 0.6) is 5.75 Å². The van der Waals surface area contributed by atoms with E-state index in [1.54, 1.807) is 46.6 Å². The van der Waals surface area contributed by atoms with Crippen LogP contribution in [0, 0.1) is 35.5 Å². The van der Waals surface area contributed by atoms with Gasteiger partial charge in [-0.3, -0.25) is 62.5 Å². The summed E-state index contributed by atoms with van der Waals surface area (Å²) in [5, 5.41) is 61.1. The summed E-state index contributed by atoms with van der Waals surface area (Å²) in [7, 11) is 7.45. The number of unbranched alkanes of at least 4 members (excludes halogenated alkanes) is 4. The summed E-state index contributed by atoms with van der Waals surface area (Å²) >= 11 is 0. The van der Waals surface area contributed by atoms with Crippen molar-refractivity contribution in [1.82, 2.24) is 35.1 Å². The maximum absolute atomic E-state index is 15.0. The number of carbonyl (C=O) groups excluding carboxylic acids is 12. The lowest BCUT2D eigenvalue weighted by Gasteiger charge is -2.41. The van der Waals surface area contributed by atoms with E-state index in [4.69, 9.17) is 23.7 Å². The first-order chi connectivity index (χ1) is 52.5. The molecule has 31 nitrogen and oxygen atoms in total. The van der Waals surface area contributed by atoms with Crippen molar-refractivity contribution in [3.05, 3.63) is 71.8 Å². The summed E-state index contributed by atoms with van der Waals surface area (Å²) < 4.78 is 29.1. The van der Waals surface area contributed by atoms with Crippen molar-refractivity contribution < 1.29 is 112 Å². The number of rotatable bonds is 47. The fraction of sp³-hybridized carbons (Fsp3) is 0.662. The van der Waals surface area contributed by atoms with Crippen LogP contribution in [0.2, 0.25) is 0 Å². The van der Waals surface area contributed by atoms with Crippen molar-refractivity contribution >= 4 is 82.4 Å². The average molecular weight is 1560 g/mol. The third kappa shape index (κ3) is 27.1. The van der Waals surface area contributed by atoms with E-state index in [0.29, 0.717) is 69.9 Å². The molecule has 0 bridgehead atoms. The van der Waals surface area contributed by atoms with Crippen LogP contribution in [-0.4, -0.2) is 255 Å². The predicted molar refractivity (Wildman–Crippen MR) is 406 cm³/mol. The van der Waals surface area contributed by atoms with E-state index in [1.165, 1.54) is 75.4 Å². The van der Waals surface area contributed by atoms with Gasteiger partial charge in [-0.1, -0.05) is 117 Å². The molecule has 0 spiro atoms. The van der Waals surface area contributed by atoms with Crippen LogP contribution in [-0.2, 0) is 83.1 Å². The lowest BCUT2D eigenvalue weighted by molar-refractivity contribution is -0.271. The van der Waals surface area contributed by atoms with Gasteiger partial charge in [-0.15, -0.1) is 0 Å². The minimum absolute atomic E-state index is 0.0450. The Balaban J connectivity index is 1.28. The summed E-state index contributed by atoms with van der Waals surface area (Å²) in [6.07, 6.45) is -6.48. The summed E-state index contributed by atoms with van der Waals surface area (Å²) in [5.74, 6) is -9.39. The topological polar surface area (TPSA) is 421 Å². The van der Waals surface area contributed by atoms with E-state index in [0.717, 1.165) is 9.80 Å². The minimum atomic E-state index is -2.07. The number of Topliss-reactive ketones (excluding diaryl/α,β-unsaturated/α-hetero) is 3. The number of benzene rings is 2. The predicted octanol–water partition coefficient (Wildman–Crippen LogP) is 5.44. The second-order valence-corrected chi connectivity index (χ2v) is 30.4. The summed E-state index contributed by atoms with van der Waals surface area (Å²) in [6, 6.07) is 9.54. The van der Waals surface area contributed by atoms with Gasteiger partial charge >= 0.3 is 12.1 Å². The number of hydrogen-bond acceptors (Lipinski definition) is 22. The first kappa shape index (κ1) is 93.0. The highest BCUT2D eigenvalue weighted by atomic mass is 16.7. The maximum Gasteiger partial charge on any atom is 0.410 e. The summed E-state index contributed by atoms with van der Waals surface area (Å²) in [4.78, 5) is 180. The Kier molecular flexibility index (Phi) is 37.9. The zero-order valence-corrected chi connectivity index (χ0v) is 66.8. The fourth-order valence-corrected chi connectivity index (χ4v) is 14.5. The highest BCUT2D eigenvalue weighted by molar-refractivity contribution is 6.12. The number of likely N-dealkylation sites (N-methyl/N-ethyl adjacent to an activating group) is 3. The lowest BCUT2D eigenvalue weighted by atomic mass is 9.85. The van der Waals surface area contributed by atoms with Crippen molar-refractivity contribution in [2.45, 2.75) is 245 Å². The zero-order chi connectivity index (χ0) is 82.7. The Hall–Kier alpha value is -8.59. The smallest absolute Gasteiger partial charge is 0.410 e. The van der Waals surface area contributed by atoms with E-state index in [9.17, 15) is 87.9 Å². The number of ketones is 3. The third-order valence-electron chi connectivity index (χ3n) is 21.3. The molecule has 31 heteroatoms. The number of anilines is 1. The molecule has 9 amide bonds. The number of carboxylic acids is 1. The van der Waals surface area contributed by atoms with E-state index in [2.05, 4.69) is 16.0 Å². The van der Waals surface area contributed by atoms with Gasteiger partial charge in [0.25, 0.3) is 11.8 Å². The second kappa shape index (κ2) is 45.2. The molecule has 3 aliphatic rings. The van der Waals surface area contributed by atoms with Crippen LogP contribution in [0.1, 0.15) is 182 Å². The van der Waals surface area contributed by atoms with Crippen LogP contribution in [0.4, 0.5) is 10.5 Å². The van der Waals surface area contributed by atoms with Gasteiger partial charge in [-0.05, 0) is 85.5 Å². The molecule has 0 radical (unpaired) electrons. The molecule has 0 aromatic heterocycles. The number of aliphatic hydroxyl groups is 4. The molecule has 111 heavy (non-hydrogen) atoms. The molecule has 618 valence electrons. The Bertz CT molecular complexity index is 3500. The normalized spacial score (nSPS) is 20.4. The van der Waals surface area contributed by atoms with E-state index >= 15 is 0 Å². The van der Waals surface area contributed by atoms with Gasteiger partial charge < -0.3 is 79.9 Å². The number of nitrogens with zero attached hydrogens (tertiary/aromatic N) is 5. The van der Waals surface area contributed by atoms with Crippen LogP contribution >= 0.6 is 0 Å². The van der Waals surface area contributed by atoms with Crippen molar-refractivity contribution in [3.8, 4) is 5.75 Å². The number of nitrogens with one attached hydrogen (secondary N) is 3. The largest absolute Gasteiger partial charge is 0.479 e. The third-order valence-corrected chi connectivity index (χ3v) is 21.3. The molecule has 1 unspecified atom stereocenters. The summed E-state index contributed by atoms with van der Waals surface area (Å²) in [6.45, 7) is 15.5. The van der Waals surface area contributed by atoms with Gasteiger partial charge in [0, 0.05) is 118 Å². The molecule has 16 atom stereocenters. The molecule has 3 heterocycles. The number of ether oxygens (including phenoxy) is 5. The van der Waals surface area contributed by atoms with Gasteiger partial charge in [-0.25, -0.2) is 9.59 Å². The quantitative estimate of drug-likeness (QED) is 0.0302. The van der Waals surface area contributed by atoms with E-state index in [1.807, 2.05) is 51.1 Å². The molecule has 2 aromatic carbocycles. The molecule has 2 aromatic rings. The van der Waals surface area contributed by atoms with Crippen molar-refractivity contribution in [2.75, 3.05) is 66.9 Å². The number of likely N-dealkylation sites (tertiary alicyclic amines) is 1. The molecular weight excluding hydrogens is 1440 g/mol. The molecule has 2 fully saturated rings. The number of methoxy groups -OCH3 is 2. The first-order valence-electron chi connectivity index (χ1n) is 38.6. The number of aliphatic carboxylic acids is 1. The van der Waals surface area contributed by atoms with Gasteiger partial charge in [-0.2, -0.15) is 0 Å². The minimum Gasteiger partial charge on any atom is -0.479 e. The van der Waals surface area contributed by atoms with Gasteiger partial charge in [0.05, 0.1) is 49.0 Å². The number of amides is 9. The molecule has 0 aliphatic carbocycles. The fourth-order valence-electron chi connectivity index (χ4n) is 14.5. The average Bonchev–Trinajstić information content (AvgIpc) is 1.46. The van der Waals surface area contributed by atoms with Crippen LogP contribution in [0.25, 0.3) is 0 Å². The Labute approximate surface area is 651 Å². The zero-order valence-electron chi connectivity index (χ0n) is 66.8. The van der Waals surface area contributed by atoms with E-state index < -0.39 is 157 Å². The van der Waals surface area contributed by atoms with Gasteiger partial charge in [0.15, 0.2) is 11.9 Å². The van der Waals surface area contributed by atoms with Crippen LogP contribution in [0.3, 0.4) is 0 Å². The Morgan fingerprint density at radius 3 is 1.97 bits per heavy atom. The molecule has 0 saturated carbocycles. The standard InChI is InChI=1S/C80H120N8O23/c1-15-48(6)68(61(107-13)43-65(96)87-39-25-31-58(87)73(108-14)50(8)59(92)40-49(7)69(97)53-26-19-16-20-27-53)85(11)77(103)66(46(2)3)83-76(102)67(47(4)5)86(12)80(106)109-45-52-32-33-60(110-79-72(100)70(98)71(99)74(111-79)78(104)105)57(41-52)82-62(93)36-37-81-75(101)54(28-21-17-22-30-56(91)44-84(10)51(9)89)42-55(90)29-23-18-24-38-88-63(94)34-35-64(88)95/h16,19-20,26-27,32-35,41,46-50,54,58,61,66-74,79,97-100H,15,17-18,21-25,28-31,36-40,42-45H2,1-14H3,(H,81,101)(H,82,93)(H,83,102)(H,104,105)/t48-,49-,50-,54-,58?,61+,66-,67-,68-,69+,70-,71-,72+,73+,74-,79+/m0/s1. The number of carboxylic acid groups (broad SMARTS) is 1. The number of imide groups is 1.